The van der Waals surface area contributed by atoms with Gasteiger partial charge in [0, 0.05) is 12.1 Å². The van der Waals surface area contributed by atoms with Crippen molar-refractivity contribution in [3.8, 4) is 22.9 Å². The number of benzene rings is 3. The van der Waals surface area contributed by atoms with Crippen LogP contribution in [-0.2, 0) is 13.0 Å². The Balaban J connectivity index is 1.42. The van der Waals surface area contributed by atoms with Crippen molar-refractivity contribution < 1.29 is 13.9 Å². The normalized spacial score (nSPS) is 10.9. The number of nitrogens with zero attached hydrogens (tertiary/aromatic N) is 2. The van der Waals surface area contributed by atoms with Gasteiger partial charge in [-0.1, -0.05) is 24.3 Å². The average Bonchev–Trinajstić information content (AvgIpc) is 3.18. The molecule has 5 heteroatoms. The van der Waals surface area contributed by atoms with Crippen LogP contribution in [0.2, 0.25) is 0 Å². The Morgan fingerprint density at radius 1 is 1.00 bits per heavy atom. The summed E-state index contributed by atoms with van der Waals surface area (Å²) in [6.45, 7) is 5.17. The van der Waals surface area contributed by atoms with Crippen LogP contribution < -0.4 is 9.47 Å². The van der Waals surface area contributed by atoms with Gasteiger partial charge in [-0.05, 0) is 73.4 Å². The summed E-state index contributed by atoms with van der Waals surface area (Å²) in [6.07, 6.45) is 4.47. The minimum atomic E-state index is -0.249. The van der Waals surface area contributed by atoms with Gasteiger partial charge in [-0.3, -0.25) is 0 Å². The predicted molar refractivity (Wildman–Crippen MR) is 127 cm³/mol. The highest BCUT2D eigenvalue weighted by Gasteiger charge is 2.12. The van der Waals surface area contributed by atoms with Crippen LogP contribution in [0.4, 0.5) is 4.39 Å². The van der Waals surface area contributed by atoms with Crippen molar-refractivity contribution in [1.29, 1.82) is 0 Å². The van der Waals surface area contributed by atoms with Crippen LogP contribution in [0.5, 0.6) is 11.5 Å². The van der Waals surface area contributed by atoms with E-state index in [4.69, 9.17) is 14.5 Å². The van der Waals surface area contributed by atoms with E-state index in [0.29, 0.717) is 6.61 Å². The summed E-state index contributed by atoms with van der Waals surface area (Å²) in [5.74, 6) is 2.09. The smallest absolute Gasteiger partial charge is 0.161 e. The molecule has 0 unspecified atom stereocenters. The lowest BCUT2D eigenvalue weighted by atomic mass is 10.1. The lowest BCUT2D eigenvalue weighted by Gasteiger charge is -2.13. The van der Waals surface area contributed by atoms with E-state index in [2.05, 4.69) is 17.2 Å². The first-order valence-corrected chi connectivity index (χ1v) is 10.8. The second-order valence-electron chi connectivity index (χ2n) is 7.62. The summed E-state index contributed by atoms with van der Waals surface area (Å²) in [5.41, 5.74) is 4.06. The summed E-state index contributed by atoms with van der Waals surface area (Å²) in [7, 11) is 1.65. The van der Waals surface area contributed by atoms with Crippen LogP contribution in [0.1, 0.15) is 18.4 Å². The van der Waals surface area contributed by atoms with Crippen LogP contribution >= 0.6 is 0 Å². The summed E-state index contributed by atoms with van der Waals surface area (Å²) in [5, 5.41) is 0. The molecule has 0 aliphatic heterocycles. The molecule has 0 aliphatic carbocycles. The van der Waals surface area contributed by atoms with E-state index < -0.39 is 0 Å². The molecular weight excluding hydrogens is 403 g/mol. The molecule has 4 nitrogen and oxygen atoms in total. The first kappa shape index (κ1) is 21.6. The molecule has 0 saturated heterocycles. The third-order valence-corrected chi connectivity index (χ3v) is 5.40. The predicted octanol–water partition coefficient (Wildman–Crippen LogP) is 6.44. The lowest BCUT2D eigenvalue weighted by Crippen LogP contribution is -2.04. The molecule has 0 amide bonds. The number of methoxy groups -OCH3 is 1. The lowest BCUT2D eigenvalue weighted by molar-refractivity contribution is 0.284. The molecule has 3 aromatic carbocycles. The number of aryl methyl sites for hydroxylation is 1. The zero-order valence-corrected chi connectivity index (χ0v) is 18.3. The van der Waals surface area contributed by atoms with Crippen molar-refractivity contribution in [3.05, 3.63) is 90.8 Å². The largest absolute Gasteiger partial charge is 0.493 e. The number of imidazole rings is 1. The highest BCUT2D eigenvalue weighted by Crippen LogP contribution is 2.29. The van der Waals surface area contributed by atoms with E-state index in [1.54, 1.807) is 19.2 Å². The number of aromatic nitrogens is 2. The maximum atomic E-state index is 13.4. The molecule has 0 bridgehead atoms. The molecule has 0 atom stereocenters. The van der Waals surface area contributed by atoms with E-state index in [0.717, 1.165) is 65.3 Å². The van der Waals surface area contributed by atoms with Gasteiger partial charge in [0.05, 0.1) is 24.8 Å². The maximum Gasteiger partial charge on any atom is 0.161 e. The highest BCUT2D eigenvalue weighted by atomic mass is 19.1. The molecule has 4 aromatic rings. The monoisotopic (exact) mass is 430 g/mol. The fourth-order valence-corrected chi connectivity index (χ4v) is 3.80. The molecule has 0 N–H and O–H groups in total. The van der Waals surface area contributed by atoms with E-state index in [-0.39, 0.29) is 5.82 Å². The van der Waals surface area contributed by atoms with Crippen LogP contribution in [0.25, 0.3) is 22.4 Å². The Bertz CT molecular complexity index is 1200. The van der Waals surface area contributed by atoms with Gasteiger partial charge in [0.25, 0.3) is 0 Å². The molecule has 164 valence electrons. The molecule has 4 rings (SSSR count). The second kappa shape index (κ2) is 10.1. The van der Waals surface area contributed by atoms with Crippen LogP contribution in [0, 0.1) is 5.82 Å². The Labute approximate surface area is 187 Å². The van der Waals surface area contributed by atoms with Gasteiger partial charge in [-0.2, -0.15) is 0 Å². The average molecular weight is 431 g/mol. The van der Waals surface area contributed by atoms with E-state index >= 15 is 0 Å². The quantitative estimate of drug-likeness (QED) is 0.215. The summed E-state index contributed by atoms with van der Waals surface area (Å²) >= 11 is 0. The molecule has 0 aliphatic rings. The first-order chi connectivity index (χ1) is 15.7. The van der Waals surface area contributed by atoms with Gasteiger partial charge < -0.3 is 14.0 Å². The fourth-order valence-electron chi connectivity index (χ4n) is 3.80. The van der Waals surface area contributed by atoms with Crippen LogP contribution in [0.3, 0.4) is 0 Å². The molecular formula is C27H27FN2O2. The van der Waals surface area contributed by atoms with Crippen LogP contribution in [-0.4, -0.2) is 23.3 Å². The third kappa shape index (κ3) is 4.83. The number of hydrogen-bond donors (Lipinski definition) is 0. The number of rotatable bonds is 10. The van der Waals surface area contributed by atoms with Crippen LogP contribution in [0.15, 0.2) is 79.4 Å². The SMILES string of the molecule is C=CCc1ccc(OCCCCn2c(-c3ccc(F)cc3)nc3ccccc32)c(OC)c1. The van der Waals surface area contributed by atoms with Crippen molar-refractivity contribution >= 4 is 11.0 Å². The topological polar surface area (TPSA) is 36.3 Å². The van der Waals surface area contributed by atoms with Gasteiger partial charge >= 0.3 is 0 Å². The summed E-state index contributed by atoms with van der Waals surface area (Å²) in [6, 6.07) is 20.5. The number of para-hydroxylation sites is 2. The van der Waals surface area contributed by atoms with Crippen molar-refractivity contribution in [2.24, 2.45) is 0 Å². The highest BCUT2D eigenvalue weighted by molar-refractivity contribution is 5.80. The minimum Gasteiger partial charge on any atom is -0.493 e. The van der Waals surface area contributed by atoms with Gasteiger partial charge in [0.1, 0.15) is 11.6 Å². The molecule has 0 radical (unpaired) electrons. The third-order valence-electron chi connectivity index (χ3n) is 5.40. The molecule has 1 heterocycles. The van der Waals surface area contributed by atoms with Crippen molar-refractivity contribution in [1.82, 2.24) is 9.55 Å². The molecule has 0 spiro atoms. The molecule has 0 saturated carbocycles. The van der Waals surface area contributed by atoms with Gasteiger partial charge in [-0.25, -0.2) is 9.37 Å². The van der Waals surface area contributed by atoms with E-state index in [9.17, 15) is 4.39 Å². The van der Waals surface area contributed by atoms with Gasteiger partial charge in [0.2, 0.25) is 0 Å². The number of fused-ring (bicyclic) bond motifs is 1. The Hall–Kier alpha value is -3.60. The number of allylic oxidation sites excluding steroid dienone is 1. The maximum absolute atomic E-state index is 13.4. The summed E-state index contributed by atoms with van der Waals surface area (Å²) in [4.78, 5) is 4.79. The van der Waals surface area contributed by atoms with E-state index in [1.165, 1.54) is 12.1 Å². The van der Waals surface area contributed by atoms with Gasteiger partial charge in [-0.15, -0.1) is 6.58 Å². The Morgan fingerprint density at radius 2 is 1.81 bits per heavy atom. The second-order valence-corrected chi connectivity index (χ2v) is 7.62. The van der Waals surface area contributed by atoms with Gasteiger partial charge in [0.15, 0.2) is 11.5 Å². The number of halogens is 1. The van der Waals surface area contributed by atoms with Crippen molar-refractivity contribution in [3.63, 3.8) is 0 Å². The number of ether oxygens (including phenoxy) is 2. The fraction of sp³-hybridized carbons (Fsp3) is 0.222. The molecule has 1 aromatic heterocycles. The molecule has 0 fully saturated rings. The minimum absolute atomic E-state index is 0.249. The zero-order valence-electron chi connectivity index (χ0n) is 18.3. The first-order valence-electron chi connectivity index (χ1n) is 10.8. The zero-order chi connectivity index (χ0) is 22.3. The number of unbranched alkanes of at least 4 members (excludes halogenated alkanes) is 1. The summed E-state index contributed by atoms with van der Waals surface area (Å²) < 4.78 is 27.0. The Kier molecular flexibility index (Phi) is 6.85. The molecule has 32 heavy (non-hydrogen) atoms. The Morgan fingerprint density at radius 3 is 2.59 bits per heavy atom. The van der Waals surface area contributed by atoms with Crippen molar-refractivity contribution in [2.45, 2.75) is 25.8 Å². The van der Waals surface area contributed by atoms with E-state index in [1.807, 2.05) is 42.5 Å². The standard InChI is InChI=1S/C27H27FN2O2/c1-3-8-20-11-16-25(26(19-20)31-2)32-18-7-6-17-30-24-10-5-4-9-23(24)29-27(30)21-12-14-22(28)15-13-21/h3-5,9-16,19H,1,6-8,17-18H2,2H3. The number of hydrogen-bond acceptors (Lipinski definition) is 3. The van der Waals surface area contributed by atoms with Crippen molar-refractivity contribution in [2.75, 3.05) is 13.7 Å².